The number of halogens is 2. The summed E-state index contributed by atoms with van der Waals surface area (Å²) >= 11 is 0. The molecule has 0 aliphatic heterocycles. The van der Waals surface area contributed by atoms with E-state index >= 15 is 0 Å². The minimum atomic E-state index is -3.84. The first-order chi connectivity index (χ1) is 12.7. The summed E-state index contributed by atoms with van der Waals surface area (Å²) in [5.41, 5.74) is 0.0977. The van der Waals surface area contributed by atoms with Gasteiger partial charge in [-0.3, -0.25) is 4.79 Å². The van der Waals surface area contributed by atoms with Crippen LogP contribution in [-0.4, -0.2) is 18.8 Å². The second-order valence-corrected chi connectivity index (χ2v) is 7.61. The molecule has 8 heteroatoms. The van der Waals surface area contributed by atoms with E-state index < -0.39 is 33.1 Å². The number of aromatic nitrogens is 1. The fourth-order valence-electron chi connectivity index (χ4n) is 2.78. The fourth-order valence-corrected chi connectivity index (χ4v) is 3.30. The van der Waals surface area contributed by atoms with Gasteiger partial charge in [0.05, 0.1) is 10.6 Å². The molecule has 0 fully saturated rings. The van der Waals surface area contributed by atoms with E-state index in [2.05, 4.69) is 0 Å². The maximum absolute atomic E-state index is 14.8. The largest absolute Gasteiger partial charge is 0.321 e. The molecule has 0 bridgehead atoms. The third-order valence-electron chi connectivity index (χ3n) is 4.26. The molecule has 0 aliphatic rings. The maximum Gasteiger partial charge on any atom is 0.238 e. The second-order valence-electron chi connectivity index (χ2n) is 6.05. The fraction of sp³-hybridized carbons (Fsp3) is 0.105. The number of hydrogen-bond donors (Lipinski definition) is 1. The van der Waals surface area contributed by atoms with Crippen LogP contribution in [0.3, 0.4) is 0 Å². The van der Waals surface area contributed by atoms with Gasteiger partial charge in [0.2, 0.25) is 21.8 Å². The van der Waals surface area contributed by atoms with Crippen molar-refractivity contribution in [3.8, 4) is 0 Å². The average Bonchev–Trinajstić information content (AvgIpc) is 2.85. The lowest BCUT2D eigenvalue weighted by Gasteiger charge is -2.05. The van der Waals surface area contributed by atoms with Gasteiger partial charge in [0.15, 0.2) is 5.82 Å². The number of ketones is 1. The lowest BCUT2D eigenvalue weighted by atomic mass is 10.0. The molecule has 27 heavy (non-hydrogen) atoms. The highest BCUT2D eigenvalue weighted by atomic mass is 32.2. The molecule has 3 rings (SSSR count). The predicted octanol–water partition coefficient (Wildman–Crippen LogP) is 2.77. The van der Waals surface area contributed by atoms with Crippen molar-refractivity contribution in [2.45, 2.75) is 11.3 Å². The molecule has 0 saturated carbocycles. The normalized spacial score (nSPS) is 11.6. The molecule has 0 unspecified atom stereocenters. The van der Waals surface area contributed by atoms with Crippen molar-refractivity contribution in [1.82, 2.24) is 4.57 Å². The molecule has 0 aliphatic carbocycles. The first kappa shape index (κ1) is 18.9. The van der Waals surface area contributed by atoms with Gasteiger partial charge in [0.1, 0.15) is 5.56 Å². The van der Waals surface area contributed by atoms with Crippen molar-refractivity contribution in [3.05, 3.63) is 88.7 Å². The van der Waals surface area contributed by atoms with Gasteiger partial charge in [-0.2, -0.15) is 4.39 Å². The van der Waals surface area contributed by atoms with E-state index in [-0.39, 0.29) is 22.6 Å². The van der Waals surface area contributed by atoms with Gasteiger partial charge in [0.25, 0.3) is 0 Å². The third kappa shape index (κ3) is 3.67. The van der Waals surface area contributed by atoms with Gasteiger partial charge in [-0.15, -0.1) is 0 Å². The number of benzene rings is 2. The highest BCUT2D eigenvalue weighted by molar-refractivity contribution is 7.89. The summed E-state index contributed by atoms with van der Waals surface area (Å²) in [6.07, 6.45) is -0.0216. The Balaban J connectivity index is 1.97. The SMILES string of the molecule is Cn1c(F)c(C(=O)c2ccccc2)c(F)c1Cc1ccc(S(N)(=O)=O)cc1. The number of rotatable bonds is 5. The van der Waals surface area contributed by atoms with Gasteiger partial charge in [-0.25, -0.2) is 17.9 Å². The minimum absolute atomic E-state index is 0.0184. The van der Waals surface area contributed by atoms with Crippen molar-refractivity contribution in [3.63, 3.8) is 0 Å². The lowest BCUT2D eigenvalue weighted by molar-refractivity contribution is 0.103. The van der Waals surface area contributed by atoms with Gasteiger partial charge < -0.3 is 4.57 Å². The Kier molecular flexibility index (Phi) is 4.95. The summed E-state index contributed by atoms with van der Waals surface area (Å²) in [5, 5.41) is 5.04. The Morgan fingerprint density at radius 2 is 1.63 bits per heavy atom. The highest BCUT2D eigenvalue weighted by Crippen LogP contribution is 2.25. The molecule has 1 aromatic heterocycles. The minimum Gasteiger partial charge on any atom is -0.321 e. The van der Waals surface area contributed by atoms with E-state index in [1.54, 1.807) is 18.2 Å². The zero-order valence-electron chi connectivity index (χ0n) is 14.3. The average molecular weight is 390 g/mol. The van der Waals surface area contributed by atoms with Crippen LogP contribution >= 0.6 is 0 Å². The molecule has 0 atom stereocenters. The molecule has 2 aromatic carbocycles. The van der Waals surface area contributed by atoms with Gasteiger partial charge >= 0.3 is 0 Å². The molecule has 1 heterocycles. The Labute approximate surface area is 155 Å². The van der Waals surface area contributed by atoms with E-state index in [0.29, 0.717) is 5.56 Å². The summed E-state index contributed by atoms with van der Waals surface area (Å²) in [7, 11) is -2.51. The number of primary sulfonamides is 1. The van der Waals surface area contributed by atoms with E-state index in [1.807, 2.05) is 0 Å². The number of hydrogen-bond acceptors (Lipinski definition) is 3. The molecule has 0 amide bonds. The predicted molar refractivity (Wildman–Crippen MR) is 95.8 cm³/mol. The smallest absolute Gasteiger partial charge is 0.238 e. The van der Waals surface area contributed by atoms with Crippen LogP contribution in [-0.2, 0) is 23.5 Å². The summed E-state index contributed by atoms with van der Waals surface area (Å²) in [6.45, 7) is 0. The van der Waals surface area contributed by atoms with Crippen molar-refractivity contribution in [2.24, 2.45) is 12.2 Å². The number of carbonyl (C=O) groups is 1. The molecular formula is C19H16F2N2O3S. The summed E-state index contributed by atoms with van der Waals surface area (Å²) in [4.78, 5) is 12.4. The van der Waals surface area contributed by atoms with E-state index in [1.165, 1.54) is 43.4 Å². The van der Waals surface area contributed by atoms with Gasteiger partial charge in [0, 0.05) is 19.0 Å². The van der Waals surface area contributed by atoms with Crippen LogP contribution in [0.5, 0.6) is 0 Å². The van der Waals surface area contributed by atoms with E-state index in [0.717, 1.165) is 4.57 Å². The first-order valence-electron chi connectivity index (χ1n) is 7.94. The molecule has 5 nitrogen and oxygen atoms in total. The molecule has 0 saturated heterocycles. The molecule has 0 radical (unpaired) electrons. The molecule has 140 valence electrons. The summed E-state index contributed by atoms with van der Waals surface area (Å²) < 4.78 is 53.0. The topological polar surface area (TPSA) is 82.2 Å². The van der Waals surface area contributed by atoms with Gasteiger partial charge in [-0.05, 0) is 17.7 Å². The van der Waals surface area contributed by atoms with E-state index in [9.17, 15) is 22.0 Å². The van der Waals surface area contributed by atoms with Gasteiger partial charge in [-0.1, -0.05) is 42.5 Å². The molecule has 3 aromatic rings. The maximum atomic E-state index is 14.8. The number of carbonyl (C=O) groups excluding carboxylic acids is 1. The summed E-state index contributed by atoms with van der Waals surface area (Å²) in [5.74, 6) is -2.63. The Morgan fingerprint density at radius 1 is 1.04 bits per heavy atom. The molecule has 2 N–H and O–H groups in total. The standard InChI is InChI=1S/C19H16F2N2O3S/c1-23-15(11-12-7-9-14(10-8-12)27(22,25)26)17(20)16(19(23)21)18(24)13-5-3-2-4-6-13/h2-10H,11H2,1H3,(H2,22,25,26). The molecular weight excluding hydrogens is 374 g/mol. The monoisotopic (exact) mass is 390 g/mol. The first-order valence-corrected chi connectivity index (χ1v) is 9.49. The van der Waals surface area contributed by atoms with Crippen molar-refractivity contribution in [1.29, 1.82) is 0 Å². The quantitative estimate of drug-likeness (QED) is 0.680. The van der Waals surface area contributed by atoms with Crippen LogP contribution < -0.4 is 5.14 Å². The Bertz CT molecular complexity index is 1110. The summed E-state index contributed by atoms with van der Waals surface area (Å²) in [6, 6.07) is 13.4. The highest BCUT2D eigenvalue weighted by Gasteiger charge is 2.27. The second kappa shape index (κ2) is 7.05. The van der Waals surface area contributed by atoms with E-state index in [4.69, 9.17) is 5.14 Å². The van der Waals surface area contributed by atoms with Crippen LogP contribution in [0.15, 0.2) is 59.5 Å². The van der Waals surface area contributed by atoms with Crippen molar-refractivity contribution >= 4 is 15.8 Å². The third-order valence-corrected chi connectivity index (χ3v) is 5.19. The van der Waals surface area contributed by atoms with Crippen LogP contribution in [0.1, 0.15) is 27.2 Å². The number of nitrogens with two attached hydrogens (primary N) is 1. The van der Waals surface area contributed by atoms with Crippen molar-refractivity contribution in [2.75, 3.05) is 0 Å². The zero-order valence-corrected chi connectivity index (χ0v) is 15.1. The Morgan fingerprint density at radius 3 is 2.19 bits per heavy atom. The zero-order chi connectivity index (χ0) is 19.8. The van der Waals surface area contributed by atoms with Crippen molar-refractivity contribution < 1.29 is 22.0 Å². The van der Waals surface area contributed by atoms with Crippen LogP contribution in [0.2, 0.25) is 0 Å². The van der Waals surface area contributed by atoms with Crippen LogP contribution in [0.4, 0.5) is 8.78 Å². The van der Waals surface area contributed by atoms with Crippen LogP contribution in [0.25, 0.3) is 0 Å². The number of nitrogens with zero attached hydrogens (tertiary/aromatic N) is 1. The number of sulfonamides is 1. The lowest BCUT2D eigenvalue weighted by Crippen LogP contribution is -2.12. The Hall–Kier alpha value is -2.84. The van der Waals surface area contributed by atoms with Crippen LogP contribution in [0, 0.1) is 11.8 Å². The molecule has 0 spiro atoms.